The van der Waals surface area contributed by atoms with Crippen LogP contribution in [0.1, 0.15) is 53.7 Å². The first-order valence-electron chi connectivity index (χ1n) is 14.3. The molecule has 0 aromatic heterocycles. The van der Waals surface area contributed by atoms with Gasteiger partial charge < -0.3 is 25.3 Å². The van der Waals surface area contributed by atoms with Crippen molar-refractivity contribution in [2.75, 3.05) is 30.9 Å². The van der Waals surface area contributed by atoms with Crippen molar-refractivity contribution in [2.24, 2.45) is 5.92 Å². The number of sulfonamides is 1. The number of benzene rings is 3. The number of nitrogens with one attached hydrogen (secondary N) is 1. The Morgan fingerprint density at radius 1 is 0.953 bits per heavy atom. The molecule has 3 aromatic rings. The van der Waals surface area contributed by atoms with Crippen molar-refractivity contribution >= 4 is 21.6 Å². The second-order valence-electron chi connectivity index (χ2n) is 11.3. The van der Waals surface area contributed by atoms with E-state index in [1.807, 2.05) is 36.4 Å². The molecule has 1 saturated heterocycles. The van der Waals surface area contributed by atoms with Gasteiger partial charge in [0.2, 0.25) is 15.9 Å². The second kappa shape index (κ2) is 14.1. The Morgan fingerprint density at radius 2 is 1.56 bits per heavy atom. The molecule has 0 saturated carbocycles. The summed E-state index contributed by atoms with van der Waals surface area (Å²) in [5.41, 5.74) is 2.23. The first-order chi connectivity index (χ1) is 20.4. The molecule has 0 spiro atoms. The summed E-state index contributed by atoms with van der Waals surface area (Å²) in [5, 5.41) is 39.9. The molecular weight excluding hydrogens is 575 g/mol. The number of nitrogens with zero attached hydrogens (tertiary/aromatic N) is 1. The van der Waals surface area contributed by atoms with E-state index < -0.39 is 46.7 Å². The van der Waals surface area contributed by atoms with Crippen LogP contribution < -0.4 is 9.62 Å². The van der Waals surface area contributed by atoms with Crippen LogP contribution in [0, 0.1) is 11.7 Å². The number of rotatable bonds is 15. The van der Waals surface area contributed by atoms with Gasteiger partial charge in [-0.3, -0.25) is 4.79 Å². The van der Waals surface area contributed by atoms with Gasteiger partial charge in [-0.15, -0.1) is 0 Å². The van der Waals surface area contributed by atoms with E-state index in [0.717, 1.165) is 17.4 Å². The molecule has 0 bridgehead atoms. The molecular formula is C32H39FN2O7S. The third-order valence-electron chi connectivity index (χ3n) is 7.88. The highest BCUT2D eigenvalue weighted by Crippen LogP contribution is 2.46. The van der Waals surface area contributed by atoms with Crippen LogP contribution in [0.5, 0.6) is 0 Å². The lowest BCUT2D eigenvalue weighted by Gasteiger charge is -2.48. The first kappa shape index (κ1) is 32.7. The fourth-order valence-corrected chi connectivity index (χ4v) is 5.95. The van der Waals surface area contributed by atoms with Crippen molar-refractivity contribution in [3.8, 4) is 0 Å². The zero-order chi connectivity index (χ0) is 31.2. The number of β-lactam (4-membered cyclic amide) rings is 1. The molecule has 43 heavy (non-hydrogen) atoms. The number of hydrogen-bond acceptors (Lipinski definition) is 7. The van der Waals surface area contributed by atoms with Crippen LogP contribution in [0.15, 0.2) is 72.8 Å². The van der Waals surface area contributed by atoms with Crippen LogP contribution in [-0.4, -0.2) is 66.4 Å². The van der Waals surface area contributed by atoms with E-state index in [-0.39, 0.29) is 18.4 Å². The van der Waals surface area contributed by atoms with Crippen LogP contribution in [0.2, 0.25) is 0 Å². The summed E-state index contributed by atoms with van der Waals surface area (Å²) in [6, 6.07) is 20.2. The predicted octanol–water partition coefficient (Wildman–Crippen LogP) is 2.78. The van der Waals surface area contributed by atoms with Gasteiger partial charge in [-0.05, 0) is 72.2 Å². The molecule has 0 radical (unpaired) electrons. The monoisotopic (exact) mass is 614 g/mol. The topological polar surface area (TPSA) is 147 Å². The van der Waals surface area contributed by atoms with Gasteiger partial charge in [0.25, 0.3) is 0 Å². The average molecular weight is 615 g/mol. The number of hydrogen-bond donors (Lipinski definition) is 5. The van der Waals surface area contributed by atoms with E-state index in [9.17, 15) is 38.0 Å². The van der Waals surface area contributed by atoms with Crippen molar-refractivity contribution in [1.82, 2.24) is 4.72 Å². The van der Waals surface area contributed by atoms with Crippen LogP contribution in [0.25, 0.3) is 0 Å². The summed E-state index contributed by atoms with van der Waals surface area (Å²) >= 11 is 0. The van der Waals surface area contributed by atoms with Crippen molar-refractivity contribution in [1.29, 1.82) is 0 Å². The Morgan fingerprint density at radius 3 is 2.14 bits per heavy atom. The minimum atomic E-state index is -3.24. The molecule has 9 nitrogen and oxygen atoms in total. The Bertz CT molecular complexity index is 1460. The molecule has 3 aromatic carbocycles. The van der Waals surface area contributed by atoms with Crippen molar-refractivity contribution in [2.45, 2.75) is 49.9 Å². The number of carbonyl (C=O) groups excluding carboxylic acids is 1. The maximum Gasteiger partial charge on any atom is 0.233 e. The summed E-state index contributed by atoms with van der Waals surface area (Å²) < 4.78 is 38.4. The third kappa shape index (κ3) is 8.47. The Balaban J connectivity index is 1.51. The molecule has 11 heteroatoms. The maximum absolute atomic E-state index is 13.5. The largest absolute Gasteiger partial charge is 0.393 e. The third-order valence-corrected chi connectivity index (χ3v) is 8.61. The normalized spacial score (nSPS) is 18.0. The molecule has 1 aliphatic heterocycles. The lowest BCUT2D eigenvalue weighted by Crippen LogP contribution is -2.55. The molecule has 1 heterocycles. The number of carbonyl (C=O) groups is 1. The highest BCUT2D eigenvalue weighted by atomic mass is 32.2. The van der Waals surface area contributed by atoms with E-state index in [1.54, 1.807) is 17.0 Å². The number of amides is 1. The standard InChI is InChI=1S/C32H39FN2O7S/c1-43(41,42)34-18-2-3-22-6-14-27(15-7-22)35-30(25-8-4-23(5-9-25)19-32(40,20-36)21-37)28(31(35)39)16-17-29(38)24-10-12-26(33)13-11-24/h4-15,28-30,34,36-38,40H,2-3,16-21H2,1H3/t28-,29+,30-/m1/s1. The molecule has 4 rings (SSSR count). The smallest absolute Gasteiger partial charge is 0.233 e. The average Bonchev–Trinajstić information content (AvgIpc) is 2.99. The van der Waals surface area contributed by atoms with E-state index in [4.69, 9.17) is 0 Å². The maximum atomic E-state index is 13.5. The molecule has 5 N–H and O–H groups in total. The lowest BCUT2D eigenvalue weighted by molar-refractivity contribution is -0.131. The lowest BCUT2D eigenvalue weighted by atomic mass is 9.78. The Hall–Kier alpha value is -3.19. The van der Waals surface area contributed by atoms with Gasteiger partial charge in [0, 0.05) is 18.7 Å². The van der Waals surface area contributed by atoms with Gasteiger partial charge in [-0.1, -0.05) is 48.5 Å². The predicted molar refractivity (Wildman–Crippen MR) is 161 cm³/mol. The summed E-state index contributed by atoms with van der Waals surface area (Å²) in [6.45, 7) is -0.833. The van der Waals surface area contributed by atoms with Crippen LogP contribution in [0.4, 0.5) is 10.1 Å². The number of halogens is 1. The number of anilines is 1. The van der Waals surface area contributed by atoms with Gasteiger partial charge in [0.05, 0.1) is 37.5 Å². The minimum absolute atomic E-state index is 0.0576. The summed E-state index contributed by atoms with van der Waals surface area (Å²) in [5.74, 6) is -0.882. The minimum Gasteiger partial charge on any atom is -0.393 e. The van der Waals surface area contributed by atoms with Gasteiger partial charge in [-0.2, -0.15) is 0 Å². The van der Waals surface area contributed by atoms with E-state index in [2.05, 4.69) is 4.72 Å². The van der Waals surface area contributed by atoms with Crippen LogP contribution in [-0.2, 0) is 27.7 Å². The van der Waals surface area contributed by atoms with Crippen molar-refractivity contribution in [3.63, 3.8) is 0 Å². The van der Waals surface area contributed by atoms with Crippen molar-refractivity contribution < 1.29 is 38.0 Å². The molecule has 1 aliphatic rings. The van der Waals surface area contributed by atoms with E-state index in [1.165, 1.54) is 24.3 Å². The Labute approximate surface area is 251 Å². The first-order valence-corrected chi connectivity index (χ1v) is 16.2. The number of aliphatic hydroxyl groups excluding tert-OH is 3. The fourth-order valence-electron chi connectivity index (χ4n) is 5.44. The second-order valence-corrected chi connectivity index (χ2v) is 13.1. The molecule has 0 aliphatic carbocycles. The number of aliphatic hydroxyl groups is 4. The SMILES string of the molecule is CS(=O)(=O)NCCCc1ccc(N2C(=O)[C@H](CC[C@H](O)c3ccc(F)cc3)[C@H]2c2ccc(CC(O)(CO)CO)cc2)cc1. The van der Waals surface area contributed by atoms with Gasteiger partial charge in [0.1, 0.15) is 11.4 Å². The van der Waals surface area contributed by atoms with Crippen molar-refractivity contribution in [3.05, 3.63) is 101 Å². The van der Waals surface area contributed by atoms with Crippen LogP contribution in [0.3, 0.4) is 0 Å². The molecule has 0 unspecified atom stereocenters. The van der Waals surface area contributed by atoms with E-state index >= 15 is 0 Å². The van der Waals surface area contributed by atoms with Gasteiger partial charge in [0.15, 0.2) is 0 Å². The summed E-state index contributed by atoms with van der Waals surface area (Å²) in [6.07, 6.45) is 2.34. The number of aryl methyl sites for hydroxylation is 1. The zero-order valence-electron chi connectivity index (χ0n) is 24.1. The van der Waals surface area contributed by atoms with E-state index in [0.29, 0.717) is 49.0 Å². The van der Waals surface area contributed by atoms with Gasteiger partial charge in [-0.25, -0.2) is 17.5 Å². The fraction of sp³-hybridized carbons (Fsp3) is 0.406. The molecule has 1 amide bonds. The van der Waals surface area contributed by atoms with Crippen LogP contribution >= 0.6 is 0 Å². The summed E-state index contributed by atoms with van der Waals surface area (Å²) in [7, 11) is -3.24. The highest BCUT2D eigenvalue weighted by Gasteiger charge is 2.48. The highest BCUT2D eigenvalue weighted by molar-refractivity contribution is 7.88. The summed E-state index contributed by atoms with van der Waals surface area (Å²) in [4.78, 5) is 15.2. The zero-order valence-corrected chi connectivity index (χ0v) is 24.9. The van der Waals surface area contributed by atoms with Gasteiger partial charge >= 0.3 is 0 Å². The molecule has 1 fully saturated rings. The molecule has 3 atom stereocenters. The molecule has 232 valence electrons. The Kier molecular flexibility index (Phi) is 10.7. The quantitative estimate of drug-likeness (QED) is 0.131.